The summed E-state index contributed by atoms with van der Waals surface area (Å²) in [6.45, 7) is 6.99. The van der Waals surface area contributed by atoms with Crippen LogP contribution in [-0.2, 0) is 16.2 Å². The van der Waals surface area contributed by atoms with Crippen LogP contribution in [-0.4, -0.2) is 18.2 Å². The third-order valence-corrected chi connectivity index (χ3v) is 7.71. The van der Waals surface area contributed by atoms with Crippen LogP contribution in [0.5, 0.6) is 11.5 Å². The van der Waals surface area contributed by atoms with E-state index in [4.69, 9.17) is 9.47 Å². The molecule has 2 aliphatic carbocycles. The van der Waals surface area contributed by atoms with Crippen molar-refractivity contribution in [2.45, 2.75) is 71.8 Å². The monoisotopic (exact) mass is 549 g/mol. The maximum Gasteiger partial charge on any atom is 0.175 e. The number of carbonyl (C=O) groups is 2. The molecule has 0 unspecified atom stereocenters. The zero-order valence-corrected chi connectivity index (χ0v) is 22.7. The zero-order chi connectivity index (χ0) is 25.4. The summed E-state index contributed by atoms with van der Waals surface area (Å²) < 4.78 is 13.1. The average Bonchev–Trinajstić information content (AvgIpc) is 2.82. The molecule has 0 aromatic heterocycles. The highest BCUT2D eigenvalue weighted by Gasteiger charge is 2.40. The van der Waals surface area contributed by atoms with E-state index >= 15 is 0 Å². The lowest BCUT2D eigenvalue weighted by atomic mass is 9.71. The van der Waals surface area contributed by atoms with Crippen LogP contribution in [0, 0.1) is 13.8 Å². The van der Waals surface area contributed by atoms with Gasteiger partial charge in [-0.3, -0.25) is 9.59 Å². The summed E-state index contributed by atoms with van der Waals surface area (Å²) in [4.78, 5) is 26.3. The number of ketones is 2. The molecule has 0 atom stereocenters. The van der Waals surface area contributed by atoms with Gasteiger partial charge in [0.2, 0.25) is 0 Å². The molecule has 0 amide bonds. The van der Waals surface area contributed by atoms with Crippen LogP contribution in [0.15, 0.2) is 57.3 Å². The number of Topliss-reactive ketones (excluding diaryl/α,β-unsaturated/α-hetero) is 2. The molecule has 0 spiro atoms. The third kappa shape index (κ3) is 4.75. The second-order valence-corrected chi connectivity index (χ2v) is 10.8. The molecule has 188 valence electrons. The lowest BCUT2D eigenvalue weighted by Crippen LogP contribution is -2.36. The van der Waals surface area contributed by atoms with E-state index in [-0.39, 0.29) is 17.5 Å². The van der Waals surface area contributed by atoms with Gasteiger partial charge in [-0.2, -0.15) is 0 Å². The Kier molecular flexibility index (Phi) is 7.07. The Morgan fingerprint density at radius 2 is 1.47 bits per heavy atom. The summed E-state index contributed by atoms with van der Waals surface area (Å²) in [5.41, 5.74) is 7.82. The summed E-state index contributed by atoms with van der Waals surface area (Å²) >= 11 is 3.72. The van der Waals surface area contributed by atoms with E-state index in [1.165, 1.54) is 11.1 Å². The van der Waals surface area contributed by atoms with Crippen molar-refractivity contribution in [2.24, 2.45) is 0 Å². The van der Waals surface area contributed by atoms with Crippen molar-refractivity contribution < 1.29 is 19.1 Å². The molecule has 2 aromatic rings. The quantitative estimate of drug-likeness (QED) is 0.432. The number of dihydropyridines is 1. The number of carbonyl (C=O) groups excluding carboxylic acids is 2. The molecule has 3 aliphatic rings. The number of hydrogen-bond acceptors (Lipinski definition) is 5. The van der Waals surface area contributed by atoms with Crippen LogP contribution in [0.2, 0.25) is 0 Å². The van der Waals surface area contributed by atoms with Gasteiger partial charge in [-0.15, -0.1) is 0 Å². The molecule has 1 aliphatic heterocycles. The van der Waals surface area contributed by atoms with E-state index in [0.29, 0.717) is 37.6 Å². The van der Waals surface area contributed by atoms with Gasteiger partial charge in [0.15, 0.2) is 23.1 Å². The maximum absolute atomic E-state index is 13.2. The smallest absolute Gasteiger partial charge is 0.175 e. The van der Waals surface area contributed by atoms with Gasteiger partial charge in [0.25, 0.3) is 0 Å². The Labute approximate surface area is 221 Å². The molecule has 2 aromatic carbocycles. The Morgan fingerprint density at radius 1 is 0.861 bits per heavy atom. The Balaban J connectivity index is 1.57. The molecule has 5 rings (SSSR count). The van der Waals surface area contributed by atoms with Gasteiger partial charge >= 0.3 is 0 Å². The Bertz CT molecular complexity index is 1240. The number of hydrogen-bond donors (Lipinski definition) is 1. The van der Waals surface area contributed by atoms with Gasteiger partial charge in [0.05, 0.1) is 11.1 Å². The first-order chi connectivity index (χ1) is 17.4. The number of rotatable bonds is 6. The second kappa shape index (κ2) is 10.3. The second-order valence-electron chi connectivity index (χ2n) is 9.94. The number of allylic oxidation sites excluding steroid dienone is 4. The highest BCUT2D eigenvalue weighted by atomic mass is 79.9. The molecule has 0 bridgehead atoms. The van der Waals surface area contributed by atoms with E-state index in [2.05, 4.69) is 53.3 Å². The van der Waals surface area contributed by atoms with Crippen LogP contribution in [0.4, 0.5) is 0 Å². The molecule has 6 heteroatoms. The normalized spacial score (nSPS) is 18.1. The van der Waals surface area contributed by atoms with Crippen LogP contribution >= 0.6 is 15.9 Å². The van der Waals surface area contributed by atoms with Crippen LogP contribution in [0.25, 0.3) is 0 Å². The first-order valence-electron chi connectivity index (χ1n) is 12.8. The minimum atomic E-state index is -0.374. The number of benzene rings is 2. The summed E-state index contributed by atoms with van der Waals surface area (Å²) in [5.74, 6) is 1.12. The average molecular weight is 550 g/mol. The highest BCUT2D eigenvalue weighted by molar-refractivity contribution is 9.10. The van der Waals surface area contributed by atoms with Gasteiger partial charge in [0, 0.05) is 41.3 Å². The van der Waals surface area contributed by atoms with Gasteiger partial charge in [-0.05, 0) is 85.6 Å². The van der Waals surface area contributed by atoms with Crippen molar-refractivity contribution in [2.75, 3.05) is 6.61 Å². The Hall–Kier alpha value is -2.86. The van der Waals surface area contributed by atoms with Crippen molar-refractivity contribution in [3.05, 3.63) is 79.6 Å². The first kappa shape index (κ1) is 24.8. The van der Waals surface area contributed by atoms with Crippen molar-refractivity contribution in [1.82, 2.24) is 5.32 Å². The predicted molar refractivity (Wildman–Crippen MR) is 143 cm³/mol. The van der Waals surface area contributed by atoms with E-state index in [1.807, 2.05) is 19.1 Å². The highest BCUT2D eigenvalue weighted by Crippen LogP contribution is 2.48. The number of ether oxygens (including phenoxy) is 2. The summed E-state index contributed by atoms with van der Waals surface area (Å²) in [6.07, 6.45) is 4.38. The molecule has 36 heavy (non-hydrogen) atoms. The Morgan fingerprint density at radius 3 is 2.06 bits per heavy atom. The minimum Gasteiger partial charge on any atom is -0.490 e. The maximum atomic E-state index is 13.2. The number of nitrogens with one attached hydrogen (secondary N) is 1. The number of halogens is 1. The van der Waals surface area contributed by atoms with E-state index in [1.54, 1.807) is 0 Å². The molecule has 0 fully saturated rings. The molecular weight excluding hydrogens is 518 g/mol. The summed E-state index contributed by atoms with van der Waals surface area (Å²) in [7, 11) is 0. The van der Waals surface area contributed by atoms with Crippen molar-refractivity contribution in [3.63, 3.8) is 0 Å². The number of aryl methyl sites for hydroxylation is 2. The van der Waals surface area contributed by atoms with Gasteiger partial charge < -0.3 is 14.8 Å². The van der Waals surface area contributed by atoms with E-state index in [9.17, 15) is 9.59 Å². The fourth-order valence-electron chi connectivity index (χ4n) is 5.78. The predicted octanol–water partition coefficient (Wildman–Crippen LogP) is 6.74. The largest absolute Gasteiger partial charge is 0.490 e. The fourth-order valence-corrected chi connectivity index (χ4v) is 6.36. The van der Waals surface area contributed by atoms with Crippen LogP contribution in [0.3, 0.4) is 0 Å². The molecule has 5 nitrogen and oxygen atoms in total. The van der Waals surface area contributed by atoms with Gasteiger partial charge in [-0.25, -0.2) is 0 Å². The SMILES string of the molecule is CCOc1cc(C2C3=C(CCCC3=O)NC3=C2C(=O)CCC3)cc(Br)c1OCc1cc(C)cc(C)c1. The van der Waals surface area contributed by atoms with Crippen molar-refractivity contribution in [3.8, 4) is 11.5 Å². The third-order valence-electron chi connectivity index (χ3n) is 7.12. The van der Waals surface area contributed by atoms with E-state index < -0.39 is 0 Å². The van der Waals surface area contributed by atoms with Crippen LogP contribution < -0.4 is 14.8 Å². The summed E-state index contributed by atoms with van der Waals surface area (Å²) in [5, 5.41) is 3.48. The fraction of sp³-hybridized carbons (Fsp3) is 0.400. The molecule has 0 saturated carbocycles. The molecule has 1 heterocycles. The lowest BCUT2D eigenvalue weighted by molar-refractivity contribution is -0.117. The summed E-state index contributed by atoms with van der Waals surface area (Å²) in [6, 6.07) is 10.3. The van der Waals surface area contributed by atoms with Crippen LogP contribution in [0.1, 0.15) is 73.6 Å². The zero-order valence-electron chi connectivity index (χ0n) is 21.1. The molecule has 0 saturated heterocycles. The molecule has 0 radical (unpaired) electrons. The topological polar surface area (TPSA) is 64.6 Å². The van der Waals surface area contributed by atoms with E-state index in [0.717, 1.165) is 63.8 Å². The van der Waals surface area contributed by atoms with Gasteiger partial charge in [0.1, 0.15) is 6.61 Å². The minimum absolute atomic E-state index is 0.128. The molecular formula is C30H32BrNO4. The lowest BCUT2D eigenvalue weighted by Gasteiger charge is -2.37. The van der Waals surface area contributed by atoms with Gasteiger partial charge in [-0.1, -0.05) is 29.3 Å². The standard InChI is InChI=1S/C30H32BrNO4/c1-4-35-26-15-20(14-21(31)30(26)36-16-19-12-17(2)11-18(3)13-19)27-28-22(7-5-9-24(28)33)32-23-8-6-10-25(34)29(23)27/h11-15,27,32H,4-10,16H2,1-3H3. The van der Waals surface area contributed by atoms with Crippen molar-refractivity contribution >= 4 is 27.5 Å². The molecule has 1 N–H and O–H groups in total. The first-order valence-corrected chi connectivity index (χ1v) is 13.6. The van der Waals surface area contributed by atoms with Crippen molar-refractivity contribution in [1.29, 1.82) is 0 Å².